The van der Waals surface area contributed by atoms with Crippen LogP contribution in [0.4, 0.5) is 0 Å². The molecule has 0 N–H and O–H groups in total. The largest absolute Gasteiger partial charge is 0.0620 e. The first-order chi connectivity index (χ1) is 44.8. The molecular formula is C97H146. The molecule has 8 rings (SSSR count). The second kappa shape index (κ2) is 42.7. The molecule has 0 aliphatic heterocycles. The van der Waals surface area contributed by atoms with Gasteiger partial charge in [-0.05, 0) is 226 Å². The Hall–Kier alpha value is -6.24. The summed E-state index contributed by atoms with van der Waals surface area (Å²) in [6, 6.07) is 59.8. The van der Waals surface area contributed by atoms with Gasteiger partial charge in [0.1, 0.15) is 0 Å². The lowest BCUT2D eigenvalue weighted by Crippen LogP contribution is -2.12. The molecule has 0 aliphatic carbocycles. The maximum Gasteiger partial charge on any atom is -0.0129 e. The maximum atomic E-state index is 2.40. The number of hydrogen-bond acceptors (Lipinski definition) is 0. The van der Waals surface area contributed by atoms with Gasteiger partial charge in [0.25, 0.3) is 0 Å². The van der Waals surface area contributed by atoms with Crippen molar-refractivity contribution in [1.29, 1.82) is 0 Å². The Morgan fingerprint density at radius 2 is 0.546 bits per heavy atom. The lowest BCUT2D eigenvalue weighted by Gasteiger charge is -2.21. The van der Waals surface area contributed by atoms with E-state index in [0.717, 1.165) is 0 Å². The van der Waals surface area contributed by atoms with E-state index < -0.39 is 0 Å². The predicted molar refractivity (Wildman–Crippen MR) is 442 cm³/mol. The molecule has 8 aromatic rings. The zero-order valence-electron chi connectivity index (χ0n) is 69.4. The van der Waals surface area contributed by atoms with Crippen molar-refractivity contribution in [3.05, 3.63) is 281 Å². The van der Waals surface area contributed by atoms with Gasteiger partial charge < -0.3 is 0 Å². The monoisotopic (exact) mass is 1310 g/mol. The van der Waals surface area contributed by atoms with Gasteiger partial charge in [-0.2, -0.15) is 0 Å². The van der Waals surface area contributed by atoms with Crippen LogP contribution in [0.2, 0.25) is 0 Å². The molecule has 0 nitrogen and oxygen atoms in total. The fourth-order valence-electron chi connectivity index (χ4n) is 11.9. The standard InChI is InChI=1S/C16H26.3C13H20.2C11H16.2C10H14/c1-10(2)14-8-15(11(3)4)13(7)16(9-14)12(5)6;1-9(2)12-6-11(5)7-13(8-12)10(3)4;1-9(2)12-7-6-11(5)13(8-12)10(3)4;1-9(2)12-7-6-8-13(10(3)4)11(12)5;1-9-6-5-7-10(8-9)11(2,3)4;1-9-7-5-6-8-10(9)11(2,3)4;1-8(2)10-6-4-9(3)5-7-10;1-8(2)10-6-4-5-9(3)7-10/h8-12H,1-7H3;3*6-10H,1-5H3;2*5-8H,1-4H3;2*4-8H,1-3H3. The molecule has 0 heteroatoms. The summed E-state index contributed by atoms with van der Waals surface area (Å²) in [5, 5.41) is 0. The van der Waals surface area contributed by atoms with Gasteiger partial charge in [-0.1, -0.05) is 380 Å². The van der Waals surface area contributed by atoms with Gasteiger partial charge >= 0.3 is 0 Å². The molecule has 8 aromatic carbocycles. The smallest absolute Gasteiger partial charge is 0.0129 e. The first kappa shape index (κ1) is 88.8. The number of aryl methyl sites for hydroxylation is 6. The first-order valence-corrected chi connectivity index (χ1v) is 37.5. The topological polar surface area (TPSA) is 0 Å². The Labute approximate surface area is 602 Å². The molecule has 0 unspecified atom stereocenters. The Morgan fingerprint density at radius 3 is 0.887 bits per heavy atom. The summed E-state index contributed by atoms with van der Waals surface area (Å²) < 4.78 is 0. The minimum Gasteiger partial charge on any atom is -0.0620 e. The van der Waals surface area contributed by atoms with Crippen LogP contribution in [0.25, 0.3) is 0 Å². The highest BCUT2D eigenvalue weighted by molar-refractivity contribution is 5.43. The highest BCUT2D eigenvalue weighted by Gasteiger charge is 2.17. The summed E-state index contributed by atoms with van der Waals surface area (Å²) in [7, 11) is 0. The molecule has 0 aromatic heterocycles. The molecule has 0 saturated carbocycles. The van der Waals surface area contributed by atoms with Crippen LogP contribution in [0, 0.1) is 55.4 Å². The molecule has 0 radical (unpaired) electrons. The highest BCUT2D eigenvalue weighted by Crippen LogP contribution is 2.33. The summed E-state index contributed by atoms with van der Waals surface area (Å²) in [6.45, 7) is 80.5. The van der Waals surface area contributed by atoms with Crippen molar-refractivity contribution in [1.82, 2.24) is 0 Å². The van der Waals surface area contributed by atoms with Crippen molar-refractivity contribution in [2.24, 2.45) is 0 Å². The molecule has 0 atom stereocenters. The molecule has 0 bridgehead atoms. The predicted octanol–water partition coefficient (Wildman–Crippen LogP) is 30.9. The van der Waals surface area contributed by atoms with Crippen molar-refractivity contribution in [2.75, 3.05) is 0 Å². The second-order valence-electron chi connectivity index (χ2n) is 33.4. The van der Waals surface area contributed by atoms with Crippen molar-refractivity contribution >= 4 is 0 Å². The average Bonchev–Trinajstić information content (AvgIpc) is 0.868. The maximum absolute atomic E-state index is 2.40. The van der Waals surface area contributed by atoms with Crippen molar-refractivity contribution in [3.63, 3.8) is 0 Å². The quantitative estimate of drug-likeness (QED) is 0.121. The van der Waals surface area contributed by atoms with Crippen molar-refractivity contribution in [3.8, 4) is 0 Å². The van der Waals surface area contributed by atoms with Crippen LogP contribution in [-0.4, -0.2) is 0 Å². The highest BCUT2D eigenvalue weighted by atomic mass is 14.2. The van der Waals surface area contributed by atoms with Crippen LogP contribution in [0.5, 0.6) is 0 Å². The molecule has 97 heavy (non-hydrogen) atoms. The summed E-state index contributed by atoms with van der Waals surface area (Å²) in [6.07, 6.45) is 0. The van der Waals surface area contributed by atoms with E-state index in [-0.39, 0.29) is 10.8 Å². The molecule has 0 saturated heterocycles. The minimum absolute atomic E-state index is 0.283. The lowest BCUT2D eigenvalue weighted by atomic mass is 9.84. The number of rotatable bonds is 11. The van der Waals surface area contributed by atoms with Crippen molar-refractivity contribution < 1.29 is 0 Å². The summed E-state index contributed by atoms with van der Waals surface area (Å²) in [5.41, 5.74) is 30.9. The Bertz CT molecular complexity index is 3400. The third kappa shape index (κ3) is 32.5. The van der Waals surface area contributed by atoms with E-state index in [4.69, 9.17) is 0 Å². The van der Waals surface area contributed by atoms with Crippen LogP contribution in [0.15, 0.2) is 164 Å². The average molecular weight is 1310 g/mol. The van der Waals surface area contributed by atoms with Crippen LogP contribution in [0.1, 0.15) is 376 Å². The van der Waals surface area contributed by atoms with E-state index in [1.807, 2.05) is 0 Å². The van der Waals surface area contributed by atoms with Crippen LogP contribution >= 0.6 is 0 Å². The molecular weight excluding hydrogens is 1170 g/mol. The van der Waals surface area contributed by atoms with Gasteiger partial charge in [0.15, 0.2) is 0 Å². The summed E-state index contributed by atoms with van der Waals surface area (Å²) in [5.74, 6) is 6.99. The second-order valence-corrected chi connectivity index (χ2v) is 33.4. The van der Waals surface area contributed by atoms with E-state index in [0.29, 0.717) is 65.1 Å². The Kier molecular flexibility index (Phi) is 39.0. The van der Waals surface area contributed by atoms with Crippen LogP contribution < -0.4 is 0 Å². The van der Waals surface area contributed by atoms with Gasteiger partial charge in [0, 0.05) is 0 Å². The van der Waals surface area contributed by atoms with E-state index in [9.17, 15) is 0 Å². The molecule has 0 spiro atoms. The number of benzene rings is 8. The van der Waals surface area contributed by atoms with Crippen molar-refractivity contribution in [2.45, 2.75) is 325 Å². The summed E-state index contributed by atoms with van der Waals surface area (Å²) in [4.78, 5) is 0. The molecule has 534 valence electrons. The Balaban J connectivity index is 0.000000557. The third-order valence-electron chi connectivity index (χ3n) is 18.4. The van der Waals surface area contributed by atoms with Gasteiger partial charge in [0.05, 0.1) is 0 Å². The molecule has 0 aliphatic rings. The van der Waals surface area contributed by atoms with E-state index in [1.54, 1.807) is 0 Å². The van der Waals surface area contributed by atoms with Gasteiger partial charge in [-0.25, -0.2) is 0 Å². The molecule has 0 heterocycles. The molecule has 0 fully saturated rings. The zero-order valence-corrected chi connectivity index (χ0v) is 69.4. The summed E-state index contributed by atoms with van der Waals surface area (Å²) >= 11 is 0. The zero-order chi connectivity index (χ0) is 74.6. The SMILES string of the molecule is Cc1c(C(C)C)cc(C(C)C)cc1C(C)C.Cc1c(C(C)C)cccc1C(C)C.Cc1cc(C(C)C)cc(C(C)C)c1.Cc1ccc(C(C)C)cc1.Cc1ccc(C(C)C)cc1C(C)C.Cc1cccc(C(C)(C)C)c1.Cc1cccc(C(C)C)c1.Cc1ccccc1C(C)(C)C. The van der Waals surface area contributed by atoms with E-state index >= 15 is 0 Å². The Morgan fingerprint density at radius 1 is 0.206 bits per heavy atom. The minimum atomic E-state index is 0.283. The fraction of sp³-hybridized carbons (Fsp3) is 0.505. The number of hydrogen-bond donors (Lipinski definition) is 0. The fourth-order valence-corrected chi connectivity index (χ4v) is 11.9. The van der Waals surface area contributed by atoms with Gasteiger partial charge in [0.2, 0.25) is 0 Å². The van der Waals surface area contributed by atoms with Crippen LogP contribution in [-0.2, 0) is 10.8 Å². The molecule has 0 amide bonds. The lowest BCUT2D eigenvalue weighted by molar-refractivity contribution is 0.586. The van der Waals surface area contributed by atoms with E-state index in [1.165, 1.54) is 117 Å². The van der Waals surface area contributed by atoms with Gasteiger partial charge in [-0.15, -0.1) is 0 Å². The third-order valence-corrected chi connectivity index (χ3v) is 18.4. The van der Waals surface area contributed by atoms with Gasteiger partial charge in [-0.3, -0.25) is 0 Å². The van der Waals surface area contributed by atoms with E-state index in [2.05, 4.69) is 413 Å². The normalized spacial score (nSPS) is 11.3. The first-order valence-electron chi connectivity index (χ1n) is 37.5. The van der Waals surface area contributed by atoms with Crippen LogP contribution in [0.3, 0.4) is 0 Å².